The fourth-order valence-electron chi connectivity index (χ4n) is 11.3. The lowest BCUT2D eigenvalue weighted by atomic mass is 9.74. The van der Waals surface area contributed by atoms with Gasteiger partial charge in [0.05, 0.1) is 65.0 Å². The summed E-state index contributed by atoms with van der Waals surface area (Å²) in [5, 5.41) is 6.05. The smallest absolute Gasteiger partial charge is 0.324 e. The van der Waals surface area contributed by atoms with Gasteiger partial charge in [0.2, 0.25) is 11.8 Å². The van der Waals surface area contributed by atoms with E-state index in [-0.39, 0.29) is 56.0 Å². The number of amides is 3. The first-order valence-electron chi connectivity index (χ1n) is 29.1. The van der Waals surface area contributed by atoms with Gasteiger partial charge in [-0.15, -0.1) is 0 Å². The lowest BCUT2D eigenvalue weighted by molar-refractivity contribution is -0.153. The number of morpholine rings is 1. The number of rotatable bonds is 11. The van der Waals surface area contributed by atoms with Crippen molar-refractivity contribution in [3.63, 3.8) is 0 Å². The van der Waals surface area contributed by atoms with E-state index < -0.39 is 40.6 Å². The number of likely N-dealkylation sites (N-methyl/N-ethyl adjacent to an activating group) is 1. The minimum atomic E-state index is -0.861. The van der Waals surface area contributed by atoms with E-state index in [2.05, 4.69) is 54.5 Å². The summed E-state index contributed by atoms with van der Waals surface area (Å²) in [6.45, 7) is 33.5. The summed E-state index contributed by atoms with van der Waals surface area (Å²) in [6, 6.07) is 5.30. The number of nitrogens with zero attached hydrogens (tertiary/aromatic N) is 7. The van der Waals surface area contributed by atoms with Gasteiger partial charge in [-0.2, -0.15) is 0 Å². The molecule has 6 bridgehead atoms. The topological polar surface area (TPSA) is 154 Å². The van der Waals surface area contributed by atoms with E-state index in [0.717, 1.165) is 33.4 Å². The number of carbonyl (C=O) groups excluding carboxylic acids is 4. The number of carbonyl (C=O) groups is 4. The molecule has 3 saturated heterocycles. The maximum Gasteiger partial charge on any atom is 0.324 e. The molecule has 6 heterocycles. The summed E-state index contributed by atoms with van der Waals surface area (Å²) in [6.07, 6.45) is 4.38. The largest absolute Gasteiger partial charge is 0.464 e. The first-order valence-corrected chi connectivity index (χ1v) is 29.1. The summed E-state index contributed by atoms with van der Waals surface area (Å²) in [7, 11) is 7.20. The molecule has 1 aromatic carbocycles. The molecular weight excluding hydrogens is 1000 g/mol. The van der Waals surface area contributed by atoms with Gasteiger partial charge in [-0.1, -0.05) is 74.8 Å². The van der Waals surface area contributed by atoms with Crippen LogP contribution >= 0.6 is 0 Å². The lowest BCUT2D eigenvalue weighted by Gasteiger charge is -2.44. The third kappa shape index (κ3) is 14.5. The molecule has 2 N–H and O–H groups in total. The SMILES string of the molecule is C=C1[C@@H](NC(=O)[C@H](C(C)C)N(C)C(=O)C2(CC)CCN(C(=O)C#CC(C)(C)N(C)C)CC2)C[C@H]2CN(CCO2)c2cc3c(c(-c4cccnc4[C@H](C)OC)n(CC)c3cc2F)CC(C)(C)COC(=O)[C@@H]2CCCN1N2.CC.CC.[HH]. The molecule has 0 saturated carbocycles. The standard InChI is InChI=1S/C58H84FN9O7.2C2H6.H2/c1-15-58(23-27-65(28-24-58)49(69)21-22-57(9,10)63(11)12)55(72)64(13)51(37(3)4)53(70)61-46-31-40-35-66(29-30-74-40)48-32-42-43(34-56(7,8)36-75-54(71)45-20-18-26-68(62-45)38(46)5)52(67(16-2)47(42)33-44(48)59)41-19-17-25-60-50(41)39(6)73-14;2*1-2;/h17,19,25,32-33,37,39-40,45-46,51,62H,5,15-16,18,20,23-24,26-31,34-36H2,1-4,6-14H3,(H,61,70);2*1-2H3;1H/t39-,40-,45-,46-,51-;;;/m0.../s1. The number of aryl methyl sites for hydroxylation is 1. The van der Waals surface area contributed by atoms with Gasteiger partial charge in [0, 0.05) is 95.6 Å². The highest BCUT2D eigenvalue weighted by molar-refractivity contribution is 5.96. The van der Waals surface area contributed by atoms with Crippen molar-refractivity contribution in [2.75, 3.05) is 79.1 Å². The van der Waals surface area contributed by atoms with Crippen LogP contribution in [0, 0.1) is 34.4 Å². The molecule has 0 aliphatic carbocycles. The van der Waals surface area contributed by atoms with Crippen molar-refractivity contribution >= 4 is 40.3 Å². The van der Waals surface area contributed by atoms with E-state index in [1.54, 1.807) is 36.2 Å². The van der Waals surface area contributed by atoms with Gasteiger partial charge >= 0.3 is 5.97 Å². The van der Waals surface area contributed by atoms with Gasteiger partial charge in [0.15, 0.2) is 0 Å². The number of nitrogens with one attached hydrogen (secondary N) is 2. The molecule has 2 aromatic heterocycles. The van der Waals surface area contributed by atoms with Crippen molar-refractivity contribution in [3.05, 3.63) is 59.8 Å². The molecule has 7 rings (SSSR count). The van der Waals surface area contributed by atoms with Crippen molar-refractivity contribution in [2.24, 2.45) is 16.7 Å². The molecule has 16 nitrogen and oxygen atoms in total. The van der Waals surface area contributed by atoms with E-state index in [4.69, 9.17) is 19.2 Å². The highest BCUT2D eigenvalue weighted by Gasteiger charge is 2.46. The second kappa shape index (κ2) is 27.8. The normalized spacial score (nSPS) is 21.3. The maximum atomic E-state index is 17.0. The average Bonchev–Trinajstić information content (AvgIpc) is 3.73. The number of piperidine rings is 1. The number of hydrazine groups is 1. The number of halogens is 1. The molecule has 3 fully saturated rings. The van der Waals surface area contributed by atoms with E-state index >= 15 is 4.39 Å². The predicted octanol–water partition coefficient (Wildman–Crippen LogP) is 9.40. The first-order chi connectivity index (χ1) is 37.5. The molecule has 0 unspecified atom stereocenters. The van der Waals surface area contributed by atoms with Crippen molar-refractivity contribution < 1.29 is 39.2 Å². The summed E-state index contributed by atoms with van der Waals surface area (Å²) in [4.78, 5) is 69.3. The molecule has 4 aliphatic rings. The zero-order chi connectivity index (χ0) is 58.7. The number of fused-ring (bicyclic) bond motifs is 6. The van der Waals surface area contributed by atoms with Crippen LogP contribution in [0.3, 0.4) is 0 Å². The van der Waals surface area contributed by atoms with Crippen molar-refractivity contribution in [1.29, 1.82) is 0 Å². The van der Waals surface area contributed by atoms with Crippen LogP contribution in [0.2, 0.25) is 0 Å². The monoisotopic (exact) mass is 1100 g/mol. The van der Waals surface area contributed by atoms with E-state index in [0.29, 0.717) is 95.8 Å². The first kappa shape index (κ1) is 64.3. The van der Waals surface area contributed by atoms with Crippen LogP contribution in [-0.2, 0) is 46.4 Å². The van der Waals surface area contributed by atoms with Gasteiger partial charge in [-0.25, -0.2) is 9.82 Å². The number of anilines is 1. The Morgan fingerprint density at radius 1 is 1.06 bits per heavy atom. The van der Waals surface area contributed by atoms with Crippen LogP contribution in [0.1, 0.15) is 147 Å². The number of benzene rings is 1. The zero-order valence-electron chi connectivity index (χ0n) is 51.0. The Bertz CT molecular complexity index is 2670. The summed E-state index contributed by atoms with van der Waals surface area (Å²) >= 11 is 0. The minimum Gasteiger partial charge on any atom is -0.464 e. The Balaban J connectivity index is 0.00000269. The van der Waals surface area contributed by atoms with Gasteiger partial charge in [0.1, 0.15) is 17.9 Å². The van der Waals surface area contributed by atoms with Gasteiger partial charge in [-0.3, -0.25) is 29.1 Å². The molecule has 440 valence electrons. The number of esters is 1. The number of cyclic esters (lactones) is 1. The molecular formula is C62H98FN9O7. The Morgan fingerprint density at radius 2 is 1.75 bits per heavy atom. The maximum absolute atomic E-state index is 17.0. The predicted molar refractivity (Wildman–Crippen MR) is 315 cm³/mol. The van der Waals surface area contributed by atoms with Crippen LogP contribution < -0.4 is 15.6 Å². The highest BCUT2D eigenvalue weighted by atomic mass is 19.1. The van der Waals surface area contributed by atoms with Gasteiger partial charge < -0.3 is 43.8 Å². The Labute approximate surface area is 473 Å². The van der Waals surface area contributed by atoms with Crippen molar-refractivity contribution in [1.82, 2.24) is 40.0 Å². The molecule has 79 heavy (non-hydrogen) atoms. The molecule has 17 heteroatoms. The third-order valence-electron chi connectivity index (χ3n) is 16.5. The Kier molecular flexibility index (Phi) is 22.6. The fraction of sp³-hybridized carbons (Fsp3) is 0.661. The Morgan fingerprint density at radius 3 is 2.37 bits per heavy atom. The summed E-state index contributed by atoms with van der Waals surface area (Å²) < 4.78 is 37.6. The molecule has 3 amide bonds. The molecule has 4 aliphatic heterocycles. The molecule has 5 atom stereocenters. The molecule has 3 aromatic rings. The van der Waals surface area contributed by atoms with Crippen LogP contribution in [-0.4, -0.2) is 157 Å². The van der Waals surface area contributed by atoms with E-state index in [1.807, 2.05) is 116 Å². The van der Waals surface area contributed by atoms with Gasteiger partial charge in [0.25, 0.3) is 5.91 Å². The second-order valence-corrected chi connectivity index (χ2v) is 23.1. The van der Waals surface area contributed by atoms with E-state index in [9.17, 15) is 19.2 Å². The molecule has 0 spiro atoms. The van der Waals surface area contributed by atoms with Crippen molar-refractivity contribution in [3.8, 4) is 23.1 Å². The highest BCUT2D eigenvalue weighted by Crippen LogP contribution is 2.43. The zero-order valence-corrected chi connectivity index (χ0v) is 51.0. The van der Waals surface area contributed by atoms with Crippen LogP contribution in [0.15, 0.2) is 42.7 Å². The van der Waals surface area contributed by atoms with Crippen LogP contribution in [0.25, 0.3) is 22.2 Å². The average molecular weight is 1100 g/mol. The van der Waals surface area contributed by atoms with Crippen LogP contribution in [0.4, 0.5) is 10.1 Å². The number of pyridine rings is 1. The number of likely N-dealkylation sites (tertiary alicyclic amines) is 1. The summed E-state index contributed by atoms with van der Waals surface area (Å²) in [5.41, 5.74) is 6.89. The minimum absolute atomic E-state index is 0. The fourth-order valence-corrected chi connectivity index (χ4v) is 11.3. The van der Waals surface area contributed by atoms with E-state index in [1.165, 1.54) is 0 Å². The summed E-state index contributed by atoms with van der Waals surface area (Å²) in [5.74, 6) is 4.13. The number of hydrogen-bond donors (Lipinski definition) is 2. The van der Waals surface area contributed by atoms with Crippen LogP contribution in [0.5, 0.6) is 0 Å². The lowest BCUT2D eigenvalue weighted by Crippen LogP contribution is -2.60. The van der Waals surface area contributed by atoms with Crippen molar-refractivity contribution in [2.45, 2.75) is 177 Å². The number of aromatic nitrogens is 2. The number of methoxy groups -OCH3 is 1. The number of hydrogen-bond acceptors (Lipinski definition) is 12. The quantitative estimate of drug-likeness (QED) is 0.139. The number of ether oxygens (including phenoxy) is 3. The third-order valence-corrected chi connectivity index (χ3v) is 16.5. The molecule has 0 radical (unpaired) electrons. The Hall–Kier alpha value is -5.54. The second-order valence-electron chi connectivity index (χ2n) is 23.1. The van der Waals surface area contributed by atoms with Gasteiger partial charge in [-0.05, 0) is 116 Å².